The minimum absolute atomic E-state index is 0.627. The summed E-state index contributed by atoms with van der Waals surface area (Å²) in [6, 6.07) is 7.72. The van der Waals surface area contributed by atoms with Gasteiger partial charge in [-0.3, -0.25) is 0 Å². The topological polar surface area (TPSA) is 46.0 Å². The summed E-state index contributed by atoms with van der Waals surface area (Å²) >= 11 is 0. The molecule has 0 aliphatic heterocycles. The molecule has 2 aromatic rings. The fourth-order valence-corrected chi connectivity index (χ4v) is 1.75. The van der Waals surface area contributed by atoms with E-state index in [9.17, 15) is 5.11 Å². The molecule has 0 saturated heterocycles. The van der Waals surface area contributed by atoms with Crippen molar-refractivity contribution in [2.45, 2.75) is 20.0 Å². The van der Waals surface area contributed by atoms with Gasteiger partial charge in [-0.05, 0) is 31.0 Å². The fourth-order valence-electron chi connectivity index (χ4n) is 1.75. The second kappa shape index (κ2) is 4.41. The van der Waals surface area contributed by atoms with E-state index in [0.29, 0.717) is 5.69 Å². The van der Waals surface area contributed by atoms with Crippen molar-refractivity contribution in [1.29, 1.82) is 0 Å². The lowest BCUT2D eigenvalue weighted by atomic mass is 9.99. The van der Waals surface area contributed by atoms with Crippen molar-refractivity contribution in [2.24, 2.45) is 0 Å². The molecule has 82 valence electrons. The van der Waals surface area contributed by atoms with Crippen LogP contribution in [0.4, 0.5) is 0 Å². The van der Waals surface area contributed by atoms with Crippen LogP contribution < -0.4 is 0 Å². The highest BCUT2D eigenvalue weighted by Crippen LogP contribution is 2.23. The molecule has 1 aromatic carbocycles. The molecule has 0 aliphatic rings. The van der Waals surface area contributed by atoms with Gasteiger partial charge in [0, 0.05) is 6.20 Å². The highest BCUT2D eigenvalue weighted by molar-refractivity contribution is 5.35. The molecule has 2 rings (SSSR count). The fraction of sp³-hybridized carbons (Fsp3) is 0.231. The zero-order valence-corrected chi connectivity index (χ0v) is 9.38. The van der Waals surface area contributed by atoms with Gasteiger partial charge in [-0.15, -0.1) is 0 Å². The van der Waals surface area contributed by atoms with E-state index >= 15 is 0 Å². The van der Waals surface area contributed by atoms with Gasteiger partial charge in [0.2, 0.25) is 0 Å². The molecule has 0 bridgehead atoms. The summed E-state index contributed by atoms with van der Waals surface area (Å²) in [6.45, 7) is 4.03. The second-order valence-corrected chi connectivity index (χ2v) is 3.90. The molecule has 1 heterocycles. The zero-order valence-electron chi connectivity index (χ0n) is 9.38. The number of aryl methyl sites for hydroxylation is 2. The number of aliphatic hydroxyl groups excluding tert-OH is 1. The van der Waals surface area contributed by atoms with Crippen molar-refractivity contribution in [3.05, 3.63) is 59.2 Å². The van der Waals surface area contributed by atoms with E-state index in [-0.39, 0.29) is 0 Å². The lowest BCUT2D eigenvalue weighted by Gasteiger charge is -2.13. The van der Waals surface area contributed by atoms with Crippen LogP contribution in [0.1, 0.15) is 28.5 Å². The largest absolute Gasteiger partial charge is 0.382 e. The van der Waals surface area contributed by atoms with E-state index in [4.69, 9.17) is 0 Å². The molecule has 1 aromatic heterocycles. The van der Waals surface area contributed by atoms with Crippen LogP contribution in [0.2, 0.25) is 0 Å². The number of rotatable bonds is 2. The third-order valence-electron chi connectivity index (χ3n) is 2.60. The Hall–Kier alpha value is -1.74. The Morgan fingerprint density at radius 2 is 2.00 bits per heavy atom. The van der Waals surface area contributed by atoms with Crippen molar-refractivity contribution >= 4 is 0 Å². The number of hydrogen-bond donors (Lipinski definition) is 1. The highest BCUT2D eigenvalue weighted by Gasteiger charge is 2.13. The van der Waals surface area contributed by atoms with E-state index < -0.39 is 6.10 Å². The van der Waals surface area contributed by atoms with Gasteiger partial charge in [-0.2, -0.15) is 0 Å². The van der Waals surface area contributed by atoms with Crippen molar-refractivity contribution in [3.8, 4) is 0 Å². The smallest absolute Gasteiger partial charge is 0.121 e. The number of aliphatic hydroxyl groups is 1. The Morgan fingerprint density at radius 1 is 1.19 bits per heavy atom. The molecule has 0 aliphatic carbocycles. The Labute approximate surface area is 94.8 Å². The van der Waals surface area contributed by atoms with Gasteiger partial charge in [0.25, 0.3) is 0 Å². The number of hydrogen-bond acceptors (Lipinski definition) is 3. The van der Waals surface area contributed by atoms with Gasteiger partial charge in [0.15, 0.2) is 0 Å². The molecule has 0 amide bonds. The normalized spacial score (nSPS) is 12.4. The van der Waals surface area contributed by atoms with Crippen LogP contribution in [-0.2, 0) is 0 Å². The Morgan fingerprint density at radius 3 is 2.62 bits per heavy atom. The quantitative estimate of drug-likeness (QED) is 0.833. The monoisotopic (exact) mass is 214 g/mol. The van der Waals surface area contributed by atoms with E-state index in [1.807, 2.05) is 26.0 Å². The average Bonchev–Trinajstić information content (AvgIpc) is 2.29. The molecule has 3 nitrogen and oxygen atoms in total. The molecule has 0 fully saturated rings. The molecular formula is C13H14N2O. The van der Waals surface area contributed by atoms with Crippen molar-refractivity contribution in [2.75, 3.05) is 0 Å². The molecule has 3 heteroatoms. The maximum absolute atomic E-state index is 10.2. The first-order valence-corrected chi connectivity index (χ1v) is 5.19. The van der Waals surface area contributed by atoms with Crippen LogP contribution in [0.3, 0.4) is 0 Å². The maximum Gasteiger partial charge on any atom is 0.121 e. The number of benzene rings is 1. The Kier molecular flexibility index (Phi) is 2.97. The lowest BCUT2D eigenvalue weighted by molar-refractivity contribution is 0.214. The van der Waals surface area contributed by atoms with E-state index in [2.05, 4.69) is 16.0 Å². The van der Waals surface area contributed by atoms with E-state index in [0.717, 1.165) is 11.1 Å². The second-order valence-electron chi connectivity index (χ2n) is 3.90. The summed E-state index contributed by atoms with van der Waals surface area (Å²) in [5.41, 5.74) is 3.79. The van der Waals surface area contributed by atoms with Crippen LogP contribution in [0.15, 0.2) is 36.8 Å². The molecule has 0 radical (unpaired) electrons. The minimum atomic E-state index is -0.677. The first-order valence-electron chi connectivity index (χ1n) is 5.19. The van der Waals surface area contributed by atoms with Gasteiger partial charge in [-0.25, -0.2) is 9.97 Å². The van der Waals surface area contributed by atoms with Crippen LogP contribution in [0.5, 0.6) is 0 Å². The van der Waals surface area contributed by atoms with Gasteiger partial charge in [0.1, 0.15) is 12.4 Å². The van der Waals surface area contributed by atoms with E-state index in [1.54, 1.807) is 12.3 Å². The van der Waals surface area contributed by atoms with Crippen molar-refractivity contribution in [3.63, 3.8) is 0 Å². The van der Waals surface area contributed by atoms with Crippen LogP contribution in [-0.4, -0.2) is 15.1 Å². The Bertz CT molecular complexity index is 483. The number of nitrogens with zero attached hydrogens (tertiary/aromatic N) is 2. The van der Waals surface area contributed by atoms with Crippen molar-refractivity contribution < 1.29 is 5.11 Å². The van der Waals surface area contributed by atoms with Gasteiger partial charge in [0.05, 0.1) is 5.69 Å². The molecule has 0 spiro atoms. The van der Waals surface area contributed by atoms with Crippen molar-refractivity contribution in [1.82, 2.24) is 9.97 Å². The summed E-state index contributed by atoms with van der Waals surface area (Å²) in [4.78, 5) is 7.89. The van der Waals surface area contributed by atoms with Crippen LogP contribution >= 0.6 is 0 Å². The van der Waals surface area contributed by atoms with Gasteiger partial charge in [-0.1, -0.05) is 23.8 Å². The molecule has 1 N–H and O–H groups in total. The zero-order chi connectivity index (χ0) is 11.5. The van der Waals surface area contributed by atoms with Crippen LogP contribution in [0, 0.1) is 13.8 Å². The molecule has 1 unspecified atom stereocenters. The first kappa shape index (κ1) is 10.8. The molecule has 16 heavy (non-hydrogen) atoms. The maximum atomic E-state index is 10.2. The SMILES string of the molecule is Cc1ccc(C(O)c2ccncn2)c(C)c1. The summed E-state index contributed by atoms with van der Waals surface area (Å²) in [6.07, 6.45) is 2.40. The average molecular weight is 214 g/mol. The molecule has 1 atom stereocenters. The van der Waals surface area contributed by atoms with Crippen LogP contribution in [0.25, 0.3) is 0 Å². The van der Waals surface area contributed by atoms with E-state index in [1.165, 1.54) is 11.9 Å². The summed E-state index contributed by atoms with van der Waals surface area (Å²) in [5.74, 6) is 0. The minimum Gasteiger partial charge on any atom is -0.382 e. The van der Waals surface area contributed by atoms with Gasteiger partial charge >= 0.3 is 0 Å². The number of aromatic nitrogens is 2. The molecular weight excluding hydrogens is 200 g/mol. The lowest BCUT2D eigenvalue weighted by Crippen LogP contribution is -2.04. The first-order chi connectivity index (χ1) is 7.68. The predicted molar refractivity (Wildman–Crippen MR) is 62.0 cm³/mol. The Balaban J connectivity index is 2.38. The molecule has 0 saturated carbocycles. The standard InChI is InChI=1S/C13H14N2O/c1-9-3-4-11(10(2)7-9)13(16)12-5-6-14-8-15-12/h3-8,13,16H,1-2H3. The third kappa shape index (κ3) is 2.09. The highest BCUT2D eigenvalue weighted by atomic mass is 16.3. The summed E-state index contributed by atoms with van der Waals surface area (Å²) in [7, 11) is 0. The van der Waals surface area contributed by atoms with Gasteiger partial charge < -0.3 is 5.11 Å². The predicted octanol–water partition coefficient (Wildman–Crippen LogP) is 2.18. The summed E-state index contributed by atoms with van der Waals surface area (Å²) in [5, 5.41) is 10.2. The third-order valence-corrected chi connectivity index (χ3v) is 2.60. The summed E-state index contributed by atoms with van der Waals surface area (Å²) < 4.78 is 0.